The van der Waals surface area contributed by atoms with Gasteiger partial charge in [0.2, 0.25) is 0 Å². The minimum absolute atomic E-state index is 0.407. The Bertz CT molecular complexity index is 468. The first-order chi connectivity index (χ1) is 6.20. The van der Waals surface area contributed by atoms with Gasteiger partial charge in [-0.1, -0.05) is 29.3 Å². The zero-order chi connectivity index (χ0) is 9.42. The number of nitrogens with two attached hydrogens (primary N) is 1. The second kappa shape index (κ2) is 3.05. The van der Waals surface area contributed by atoms with Crippen LogP contribution < -0.4 is 5.73 Å². The van der Waals surface area contributed by atoms with E-state index in [2.05, 4.69) is 4.98 Å². The van der Waals surface area contributed by atoms with E-state index in [4.69, 9.17) is 28.9 Å². The van der Waals surface area contributed by atoms with Crippen LogP contribution in [0.5, 0.6) is 0 Å². The smallest absolute Gasteiger partial charge is 0.132 e. The number of nitrogens with zero attached hydrogens (tertiary/aromatic N) is 1. The number of halogens is 2. The van der Waals surface area contributed by atoms with E-state index in [1.54, 1.807) is 12.3 Å². The molecule has 13 heavy (non-hydrogen) atoms. The fraction of sp³-hybridized carbons (Fsp3) is 0. The number of aromatic nitrogens is 1. The lowest BCUT2D eigenvalue weighted by atomic mass is 10.1. The SMILES string of the molecule is Nc1nccc2ccc(Cl)c(Cl)c12. The van der Waals surface area contributed by atoms with E-state index in [1.165, 1.54) is 0 Å². The molecule has 0 aliphatic carbocycles. The van der Waals surface area contributed by atoms with Gasteiger partial charge in [0.25, 0.3) is 0 Å². The number of fused-ring (bicyclic) bond motifs is 1. The van der Waals surface area contributed by atoms with Gasteiger partial charge in [-0.05, 0) is 17.5 Å². The van der Waals surface area contributed by atoms with E-state index in [0.717, 1.165) is 10.8 Å². The number of anilines is 1. The monoisotopic (exact) mass is 212 g/mol. The normalized spacial score (nSPS) is 10.6. The summed E-state index contributed by atoms with van der Waals surface area (Å²) in [5, 5.41) is 2.62. The van der Waals surface area contributed by atoms with Crippen molar-refractivity contribution in [3.05, 3.63) is 34.4 Å². The van der Waals surface area contributed by atoms with Crippen molar-refractivity contribution in [3.8, 4) is 0 Å². The molecule has 2 rings (SSSR count). The summed E-state index contributed by atoms with van der Waals surface area (Å²) in [7, 11) is 0. The van der Waals surface area contributed by atoms with Gasteiger partial charge in [-0.15, -0.1) is 0 Å². The van der Waals surface area contributed by atoms with Crippen molar-refractivity contribution in [2.45, 2.75) is 0 Å². The van der Waals surface area contributed by atoms with E-state index in [1.807, 2.05) is 12.1 Å². The van der Waals surface area contributed by atoms with Crippen molar-refractivity contribution < 1.29 is 0 Å². The standard InChI is InChI=1S/C9H6Cl2N2/c10-6-2-1-5-3-4-13-9(12)7(5)8(6)11/h1-4H,(H2,12,13). The van der Waals surface area contributed by atoms with Crippen LogP contribution in [0.2, 0.25) is 10.0 Å². The summed E-state index contributed by atoms with van der Waals surface area (Å²) >= 11 is 11.8. The Balaban J connectivity index is 2.97. The second-order valence-corrected chi connectivity index (χ2v) is 3.44. The van der Waals surface area contributed by atoms with Crippen molar-refractivity contribution >= 4 is 39.8 Å². The molecule has 0 amide bonds. The van der Waals surface area contributed by atoms with Crippen LogP contribution >= 0.6 is 23.2 Å². The zero-order valence-corrected chi connectivity index (χ0v) is 8.10. The number of nitrogen functional groups attached to an aromatic ring is 1. The Morgan fingerprint density at radius 3 is 2.69 bits per heavy atom. The molecule has 1 heterocycles. The minimum Gasteiger partial charge on any atom is -0.383 e. The third-order valence-electron chi connectivity index (χ3n) is 1.85. The van der Waals surface area contributed by atoms with Crippen molar-refractivity contribution in [2.75, 3.05) is 5.73 Å². The van der Waals surface area contributed by atoms with E-state index in [0.29, 0.717) is 15.9 Å². The number of rotatable bonds is 0. The minimum atomic E-state index is 0.407. The Labute approximate surface area is 85.3 Å². The highest BCUT2D eigenvalue weighted by molar-refractivity contribution is 6.45. The maximum atomic E-state index is 5.98. The van der Waals surface area contributed by atoms with Gasteiger partial charge in [-0.3, -0.25) is 0 Å². The molecule has 0 saturated heterocycles. The molecule has 0 aliphatic heterocycles. The molecule has 2 N–H and O–H groups in total. The number of hydrogen-bond donors (Lipinski definition) is 1. The largest absolute Gasteiger partial charge is 0.383 e. The molecule has 2 aromatic rings. The van der Waals surface area contributed by atoms with Crippen LogP contribution in [0.3, 0.4) is 0 Å². The Morgan fingerprint density at radius 2 is 1.92 bits per heavy atom. The predicted molar refractivity (Wildman–Crippen MR) is 56.2 cm³/mol. The molecule has 0 atom stereocenters. The van der Waals surface area contributed by atoms with Crippen LogP contribution in [0.1, 0.15) is 0 Å². The van der Waals surface area contributed by atoms with Crippen LogP contribution in [0.4, 0.5) is 5.82 Å². The summed E-state index contributed by atoms with van der Waals surface area (Å²) in [6, 6.07) is 5.45. The maximum absolute atomic E-state index is 5.98. The highest BCUT2D eigenvalue weighted by Crippen LogP contribution is 2.32. The molecule has 0 aliphatic rings. The lowest BCUT2D eigenvalue weighted by molar-refractivity contribution is 1.37. The van der Waals surface area contributed by atoms with Crippen molar-refractivity contribution in [3.63, 3.8) is 0 Å². The lowest BCUT2D eigenvalue weighted by Crippen LogP contribution is -1.91. The van der Waals surface area contributed by atoms with Gasteiger partial charge < -0.3 is 5.73 Å². The summed E-state index contributed by atoms with van der Waals surface area (Å²) in [5.41, 5.74) is 5.67. The molecule has 0 unspecified atom stereocenters. The molecule has 0 bridgehead atoms. The number of hydrogen-bond acceptors (Lipinski definition) is 2. The average Bonchev–Trinajstić information content (AvgIpc) is 2.12. The topological polar surface area (TPSA) is 38.9 Å². The predicted octanol–water partition coefficient (Wildman–Crippen LogP) is 3.12. The first-order valence-electron chi connectivity index (χ1n) is 3.68. The summed E-state index contributed by atoms with van der Waals surface area (Å²) in [6.07, 6.45) is 1.64. The molecule has 0 spiro atoms. The highest BCUT2D eigenvalue weighted by Gasteiger charge is 2.06. The van der Waals surface area contributed by atoms with E-state index >= 15 is 0 Å². The molecule has 2 nitrogen and oxygen atoms in total. The quantitative estimate of drug-likeness (QED) is 0.730. The Morgan fingerprint density at radius 1 is 1.15 bits per heavy atom. The van der Waals surface area contributed by atoms with Crippen LogP contribution in [-0.2, 0) is 0 Å². The van der Waals surface area contributed by atoms with Gasteiger partial charge in [-0.2, -0.15) is 0 Å². The van der Waals surface area contributed by atoms with Crippen LogP contribution in [0, 0.1) is 0 Å². The van der Waals surface area contributed by atoms with Gasteiger partial charge in [-0.25, -0.2) is 4.98 Å². The first kappa shape index (κ1) is 8.60. The van der Waals surface area contributed by atoms with Gasteiger partial charge in [0.15, 0.2) is 0 Å². The van der Waals surface area contributed by atoms with Gasteiger partial charge in [0.05, 0.1) is 10.0 Å². The number of pyridine rings is 1. The summed E-state index contributed by atoms with van der Waals surface area (Å²) < 4.78 is 0. The van der Waals surface area contributed by atoms with Gasteiger partial charge in [0.1, 0.15) is 5.82 Å². The molecule has 4 heteroatoms. The molecule has 66 valence electrons. The molecule has 0 radical (unpaired) electrons. The molecule has 1 aromatic carbocycles. The molecular weight excluding hydrogens is 207 g/mol. The average molecular weight is 213 g/mol. The molecular formula is C9H6Cl2N2. The van der Waals surface area contributed by atoms with Crippen molar-refractivity contribution in [2.24, 2.45) is 0 Å². The summed E-state index contributed by atoms with van der Waals surface area (Å²) in [5.74, 6) is 0.407. The van der Waals surface area contributed by atoms with E-state index in [9.17, 15) is 0 Å². The molecule has 0 saturated carbocycles. The zero-order valence-electron chi connectivity index (χ0n) is 6.59. The van der Waals surface area contributed by atoms with Crippen molar-refractivity contribution in [1.29, 1.82) is 0 Å². The Hall–Kier alpha value is -0.990. The highest BCUT2D eigenvalue weighted by atomic mass is 35.5. The fourth-order valence-corrected chi connectivity index (χ4v) is 1.65. The van der Waals surface area contributed by atoms with Gasteiger partial charge >= 0.3 is 0 Å². The van der Waals surface area contributed by atoms with E-state index in [-0.39, 0.29) is 0 Å². The van der Waals surface area contributed by atoms with Crippen LogP contribution in [0.25, 0.3) is 10.8 Å². The lowest BCUT2D eigenvalue weighted by Gasteiger charge is -2.03. The molecule has 1 aromatic heterocycles. The fourth-order valence-electron chi connectivity index (χ4n) is 1.23. The summed E-state index contributed by atoms with van der Waals surface area (Å²) in [6.45, 7) is 0. The summed E-state index contributed by atoms with van der Waals surface area (Å²) in [4.78, 5) is 3.94. The van der Waals surface area contributed by atoms with Crippen LogP contribution in [0.15, 0.2) is 24.4 Å². The van der Waals surface area contributed by atoms with Crippen LogP contribution in [-0.4, -0.2) is 4.98 Å². The second-order valence-electron chi connectivity index (χ2n) is 2.66. The first-order valence-corrected chi connectivity index (χ1v) is 4.44. The van der Waals surface area contributed by atoms with Gasteiger partial charge in [0, 0.05) is 11.6 Å². The Kier molecular flexibility index (Phi) is 2.02. The number of benzene rings is 1. The van der Waals surface area contributed by atoms with E-state index < -0.39 is 0 Å². The maximum Gasteiger partial charge on any atom is 0.132 e. The third kappa shape index (κ3) is 1.32. The third-order valence-corrected chi connectivity index (χ3v) is 2.66. The molecule has 0 fully saturated rings. The van der Waals surface area contributed by atoms with Crippen molar-refractivity contribution in [1.82, 2.24) is 4.98 Å².